The number of aromatic nitrogens is 2. The lowest BCUT2D eigenvalue weighted by Gasteiger charge is -2.22. The zero-order valence-corrected chi connectivity index (χ0v) is 13.7. The lowest BCUT2D eigenvalue weighted by atomic mass is 9.91. The highest BCUT2D eigenvalue weighted by Gasteiger charge is 2.29. The molecule has 1 aromatic rings. The van der Waals surface area contributed by atoms with E-state index >= 15 is 0 Å². The van der Waals surface area contributed by atoms with Crippen molar-refractivity contribution in [2.45, 2.75) is 33.1 Å². The third-order valence-electron chi connectivity index (χ3n) is 2.65. The van der Waals surface area contributed by atoms with Crippen LogP contribution in [0.15, 0.2) is 12.7 Å². The molecule has 0 bridgehead atoms. The van der Waals surface area contributed by atoms with Crippen molar-refractivity contribution >= 4 is 23.4 Å². The maximum atomic E-state index is 12.6. The van der Waals surface area contributed by atoms with Crippen LogP contribution in [0.3, 0.4) is 0 Å². The van der Waals surface area contributed by atoms with Gasteiger partial charge < -0.3 is 9.64 Å². The van der Waals surface area contributed by atoms with E-state index in [1.165, 1.54) is 4.90 Å². The summed E-state index contributed by atoms with van der Waals surface area (Å²) in [5, 5.41) is 4.05. The first kappa shape index (κ1) is 17.3. The van der Waals surface area contributed by atoms with Crippen LogP contribution in [0.2, 0.25) is 0 Å². The summed E-state index contributed by atoms with van der Waals surface area (Å²) in [4.78, 5) is 26.0. The van der Waals surface area contributed by atoms with E-state index in [1.807, 2.05) is 20.8 Å². The average Bonchev–Trinajstić information content (AvgIpc) is 2.86. The van der Waals surface area contributed by atoms with Gasteiger partial charge in [0.2, 0.25) is 0 Å². The summed E-state index contributed by atoms with van der Waals surface area (Å²) in [5.74, 6) is -0.717. The Morgan fingerprint density at radius 3 is 2.62 bits per heavy atom. The number of carbonyl (C=O) groups is 2. The number of amides is 1. The van der Waals surface area contributed by atoms with Crippen LogP contribution in [-0.4, -0.2) is 46.1 Å². The minimum atomic E-state index is -0.442. The number of esters is 1. The summed E-state index contributed by atoms with van der Waals surface area (Å²) >= 11 is 1.04. The summed E-state index contributed by atoms with van der Waals surface area (Å²) in [6, 6.07) is 0. The van der Waals surface area contributed by atoms with E-state index in [9.17, 15) is 9.59 Å². The van der Waals surface area contributed by atoms with Gasteiger partial charge in [0.1, 0.15) is 11.4 Å². The first-order chi connectivity index (χ1) is 9.81. The molecule has 0 radical (unpaired) electrons. The fourth-order valence-electron chi connectivity index (χ4n) is 1.70. The summed E-state index contributed by atoms with van der Waals surface area (Å²) < 4.78 is 8.76. The van der Waals surface area contributed by atoms with E-state index in [0.717, 1.165) is 11.5 Å². The van der Waals surface area contributed by atoms with Gasteiger partial charge in [-0.25, -0.2) is 0 Å². The molecule has 0 fully saturated rings. The Labute approximate surface area is 129 Å². The molecular formula is C14H21N3O3S. The van der Waals surface area contributed by atoms with Gasteiger partial charge >= 0.3 is 5.97 Å². The van der Waals surface area contributed by atoms with Gasteiger partial charge in [-0.05, 0) is 18.5 Å². The second-order valence-electron chi connectivity index (χ2n) is 5.48. The molecule has 1 aromatic heterocycles. The highest BCUT2D eigenvalue weighted by Crippen LogP contribution is 2.26. The van der Waals surface area contributed by atoms with E-state index in [-0.39, 0.29) is 31.0 Å². The van der Waals surface area contributed by atoms with Crippen molar-refractivity contribution in [3.63, 3.8) is 0 Å². The third-order valence-corrected chi connectivity index (χ3v) is 3.37. The number of ether oxygens (including phenoxy) is 1. The smallest absolute Gasteiger partial charge is 0.325 e. The molecule has 0 aromatic carbocycles. The number of hydrogen-bond donors (Lipinski definition) is 0. The molecule has 0 saturated carbocycles. The summed E-state index contributed by atoms with van der Waals surface area (Å²) in [6.07, 6.45) is 1.57. The topological polar surface area (TPSA) is 72.4 Å². The highest BCUT2D eigenvalue weighted by molar-refractivity contribution is 7.08. The molecule has 0 unspecified atom stereocenters. The second kappa shape index (κ2) is 7.31. The minimum Gasteiger partial charge on any atom is -0.465 e. The van der Waals surface area contributed by atoms with Crippen molar-refractivity contribution in [1.82, 2.24) is 14.5 Å². The number of carbonyl (C=O) groups excluding carboxylic acids is 2. The Balaban J connectivity index is 2.99. The van der Waals surface area contributed by atoms with Crippen LogP contribution in [0.1, 0.15) is 43.1 Å². The Bertz CT molecular complexity index is 520. The summed E-state index contributed by atoms with van der Waals surface area (Å²) in [5.41, 5.74) is 0.345. The largest absolute Gasteiger partial charge is 0.465 e. The van der Waals surface area contributed by atoms with Crippen LogP contribution in [-0.2, 0) is 14.9 Å². The zero-order valence-electron chi connectivity index (χ0n) is 12.9. The summed E-state index contributed by atoms with van der Waals surface area (Å²) in [7, 11) is 0. The van der Waals surface area contributed by atoms with Crippen molar-refractivity contribution in [1.29, 1.82) is 0 Å². The van der Waals surface area contributed by atoms with Crippen LogP contribution in [0.5, 0.6) is 0 Å². The number of nitrogens with zero attached hydrogens (tertiary/aromatic N) is 3. The van der Waals surface area contributed by atoms with Gasteiger partial charge in [-0.1, -0.05) is 31.3 Å². The lowest BCUT2D eigenvalue weighted by molar-refractivity contribution is -0.143. The molecule has 7 heteroatoms. The van der Waals surface area contributed by atoms with Crippen molar-refractivity contribution < 1.29 is 14.3 Å². The molecule has 0 aliphatic carbocycles. The number of rotatable bonds is 6. The Morgan fingerprint density at radius 2 is 2.10 bits per heavy atom. The predicted octanol–water partition coefficient (Wildman–Crippen LogP) is 2.03. The van der Waals surface area contributed by atoms with Gasteiger partial charge in [0.25, 0.3) is 5.91 Å². The monoisotopic (exact) mass is 311 g/mol. The minimum absolute atomic E-state index is 0.111. The van der Waals surface area contributed by atoms with E-state index in [4.69, 9.17) is 4.74 Å². The molecule has 0 spiro atoms. The number of hydrogen-bond acceptors (Lipinski definition) is 6. The van der Waals surface area contributed by atoms with Gasteiger partial charge in [0.15, 0.2) is 0 Å². The lowest BCUT2D eigenvalue weighted by Crippen LogP contribution is -2.37. The first-order valence-electron chi connectivity index (χ1n) is 6.69. The Kier molecular flexibility index (Phi) is 6.02. The molecule has 116 valence electrons. The summed E-state index contributed by atoms with van der Waals surface area (Å²) in [6.45, 7) is 11.7. The fourth-order valence-corrected chi connectivity index (χ4v) is 2.55. The highest BCUT2D eigenvalue weighted by atomic mass is 32.1. The predicted molar refractivity (Wildman–Crippen MR) is 81.3 cm³/mol. The molecule has 21 heavy (non-hydrogen) atoms. The normalized spacial score (nSPS) is 11.0. The zero-order chi connectivity index (χ0) is 16.0. The molecular weight excluding hydrogens is 290 g/mol. The first-order valence-corrected chi connectivity index (χ1v) is 7.47. The van der Waals surface area contributed by atoms with Gasteiger partial charge in [-0.3, -0.25) is 9.59 Å². The van der Waals surface area contributed by atoms with Crippen molar-refractivity contribution in [3.05, 3.63) is 23.2 Å². The maximum Gasteiger partial charge on any atom is 0.325 e. The van der Waals surface area contributed by atoms with Gasteiger partial charge in [0, 0.05) is 12.0 Å². The van der Waals surface area contributed by atoms with Crippen molar-refractivity contribution in [3.8, 4) is 0 Å². The Morgan fingerprint density at radius 1 is 1.43 bits per heavy atom. The molecule has 0 atom stereocenters. The molecule has 0 aliphatic rings. The molecule has 6 nitrogen and oxygen atoms in total. The van der Waals surface area contributed by atoms with Crippen LogP contribution in [0.4, 0.5) is 0 Å². The maximum absolute atomic E-state index is 12.6. The molecule has 1 rings (SSSR count). The fraction of sp³-hybridized carbons (Fsp3) is 0.571. The van der Waals surface area contributed by atoms with Crippen molar-refractivity contribution in [2.24, 2.45) is 0 Å². The quantitative estimate of drug-likeness (QED) is 0.594. The van der Waals surface area contributed by atoms with Crippen LogP contribution >= 0.6 is 11.5 Å². The SMILES string of the molecule is C=CCN(CC(=O)OCC)C(=O)c1snnc1C(C)(C)C. The van der Waals surface area contributed by atoms with Crippen molar-refractivity contribution in [2.75, 3.05) is 19.7 Å². The van der Waals surface area contributed by atoms with E-state index < -0.39 is 5.97 Å². The van der Waals surface area contributed by atoms with Gasteiger partial charge in [-0.15, -0.1) is 11.7 Å². The van der Waals surface area contributed by atoms with E-state index in [1.54, 1.807) is 13.0 Å². The van der Waals surface area contributed by atoms with Crippen LogP contribution in [0.25, 0.3) is 0 Å². The van der Waals surface area contributed by atoms with E-state index in [2.05, 4.69) is 16.2 Å². The Hall–Kier alpha value is -1.76. The molecule has 0 N–H and O–H groups in total. The molecule has 1 heterocycles. The van der Waals surface area contributed by atoms with Gasteiger partial charge in [-0.2, -0.15) is 0 Å². The third kappa shape index (κ3) is 4.63. The molecule has 0 aliphatic heterocycles. The van der Waals surface area contributed by atoms with Crippen LogP contribution < -0.4 is 0 Å². The van der Waals surface area contributed by atoms with Gasteiger partial charge in [0.05, 0.1) is 12.3 Å². The molecule has 1 amide bonds. The second-order valence-corrected chi connectivity index (χ2v) is 6.23. The average molecular weight is 311 g/mol. The standard InChI is InChI=1S/C14H21N3O3S/c1-6-8-17(9-10(18)20-7-2)13(19)11-12(14(3,4)5)15-16-21-11/h6H,1,7-9H2,2-5H3. The molecule has 0 saturated heterocycles. The van der Waals surface area contributed by atoms with Crippen LogP contribution in [0, 0.1) is 0 Å². The van der Waals surface area contributed by atoms with E-state index in [0.29, 0.717) is 10.6 Å².